The Morgan fingerprint density at radius 1 is 1.23 bits per heavy atom. The molecule has 2 aromatic carbocycles. The monoisotopic (exact) mass is 456 g/mol. The molecule has 0 atom stereocenters. The molecule has 0 aromatic heterocycles. The second-order valence-electron chi connectivity index (χ2n) is 6.90. The highest BCUT2D eigenvalue weighted by Gasteiger charge is 2.31. The van der Waals surface area contributed by atoms with Gasteiger partial charge < -0.3 is 14.8 Å². The van der Waals surface area contributed by atoms with E-state index in [0.717, 1.165) is 23.2 Å². The SMILES string of the molecule is CCCN1C(=O)/C(=C\c2ccc(OCC(=O)Nc3ccccc3C)c(OC)c2)SC1=S. The summed E-state index contributed by atoms with van der Waals surface area (Å²) in [5.41, 5.74) is 2.51. The van der Waals surface area contributed by atoms with Crippen LogP contribution >= 0.6 is 24.0 Å². The summed E-state index contributed by atoms with van der Waals surface area (Å²) in [6.07, 6.45) is 2.63. The minimum atomic E-state index is -0.264. The normalized spacial score (nSPS) is 14.8. The minimum absolute atomic E-state index is 0.0796. The lowest BCUT2D eigenvalue weighted by molar-refractivity contribution is -0.122. The van der Waals surface area contributed by atoms with Crippen LogP contribution in [0.1, 0.15) is 24.5 Å². The Morgan fingerprint density at radius 3 is 2.71 bits per heavy atom. The van der Waals surface area contributed by atoms with E-state index in [1.54, 1.807) is 23.1 Å². The molecule has 0 spiro atoms. The number of hydrogen-bond donors (Lipinski definition) is 1. The third kappa shape index (κ3) is 5.65. The summed E-state index contributed by atoms with van der Waals surface area (Å²) in [5.74, 6) is 0.573. The number of anilines is 1. The van der Waals surface area contributed by atoms with Crippen molar-refractivity contribution < 1.29 is 19.1 Å². The van der Waals surface area contributed by atoms with Crippen molar-refractivity contribution in [3.63, 3.8) is 0 Å². The van der Waals surface area contributed by atoms with E-state index < -0.39 is 0 Å². The fourth-order valence-corrected chi connectivity index (χ4v) is 4.31. The van der Waals surface area contributed by atoms with Crippen molar-refractivity contribution in [3.05, 3.63) is 58.5 Å². The summed E-state index contributed by atoms with van der Waals surface area (Å²) in [5, 5.41) is 2.83. The van der Waals surface area contributed by atoms with Gasteiger partial charge in [-0.25, -0.2) is 0 Å². The summed E-state index contributed by atoms with van der Waals surface area (Å²) in [7, 11) is 1.53. The van der Waals surface area contributed by atoms with Gasteiger partial charge in [0.15, 0.2) is 18.1 Å². The molecule has 162 valence electrons. The van der Waals surface area contributed by atoms with E-state index in [9.17, 15) is 9.59 Å². The van der Waals surface area contributed by atoms with Crippen LogP contribution < -0.4 is 14.8 Å². The first-order valence-electron chi connectivity index (χ1n) is 9.84. The summed E-state index contributed by atoms with van der Waals surface area (Å²) < 4.78 is 11.6. The molecule has 1 saturated heterocycles. The first kappa shape index (κ1) is 22.8. The zero-order valence-electron chi connectivity index (χ0n) is 17.6. The first-order valence-corrected chi connectivity index (χ1v) is 11.1. The van der Waals surface area contributed by atoms with Crippen molar-refractivity contribution in [1.82, 2.24) is 4.90 Å². The number of rotatable bonds is 8. The zero-order valence-corrected chi connectivity index (χ0v) is 19.3. The van der Waals surface area contributed by atoms with Gasteiger partial charge >= 0.3 is 0 Å². The molecule has 2 aromatic rings. The molecule has 0 unspecified atom stereocenters. The Bertz CT molecular complexity index is 1040. The molecule has 1 aliphatic heterocycles. The molecule has 1 aliphatic rings. The van der Waals surface area contributed by atoms with Gasteiger partial charge in [0.2, 0.25) is 0 Å². The number of nitrogens with zero attached hydrogens (tertiary/aromatic N) is 1. The number of thiocarbonyl (C=S) groups is 1. The van der Waals surface area contributed by atoms with Crippen LogP contribution in [0.5, 0.6) is 11.5 Å². The van der Waals surface area contributed by atoms with Crippen LogP contribution in [-0.4, -0.2) is 41.3 Å². The van der Waals surface area contributed by atoms with Gasteiger partial charge in [-0.1, -0.05) is 55.2 Å². The van der Waals surface area contributed by atoms with Crippen LogP contribution in [0, 0.1) is 6.92 Å². The van der Waals surface area contributed by atoms with Gasteiger partial charge in [-0.2, -0.15) is 0 Å². The van der Waals surface area contributed by atoms with E-state index >= 15 is 0 Å². The van der Waals surface area contributed by atoms with E-state index in [0.29, 0.717) is 27.3 Å². The lowest BCUT2D eigenvalue weighted by atomic mass is 10.2. The van der Waals surface area contributed by atoms with E-state index in [-0.39, 0.29) is 18.4 Å². The van der Waals surface area contributed by atoms with Gasteiger partial charge in [-0.3, -0.25) is 14.5 Å². The molecule has 31 heavy (non-hydrogen) atoms. The molecule has 1 N–H and O–H groups in total. The second-order valence-corrected chi connectivity index (χ2v) is 8.57. The number of carbonyl (C=O) groups excluding carboxylic acids is 2. The Morgan fingerprint density at radius 2 is 2.00 bits per heavy atom. The maximum Gasteiger partial charge on any atom is 0.266 e. The van der Waals surface area contributed by atoms with Crippen LogP contribution in [0.15, 0.2) is 47.4 Å². The van der Waals surface area contributed by atoms with E-state index in [1.807, 2.05) is 44.2 Å². The number of hydrogen-bond acceptors (Lipinski definition) is 6. The summed E-state index contributed by atoms with van der Waals surface area (Å²) in [4.78, 5) is 27.0. The fraction of sp³-hybridized carbons (Fsp3) is 0.261. The van der Waals surface area contributed by atoms with Gasteiger partial charge in [0.1, 0.15) is 4.32 Å². The van der Waals surface area contributed by atoms with Gasteiger partial charge in [-0.05, 0) is 48.7 Å². The Kier molecular flexibility index (Phi) is 7.70. The van der Waals surface area contributed by atoms with Gasteiger partial charge in [0.05, 0.1) is 12.0 Å². The van der Waals surface area contributed by atoms with E-state index in [2.05, 4.69) is 5.32 Å². The summed E-state index contributed by atoms with van der Waals surface area (Å²) >= 11 is 6.60. The lowest BCUT2D eigenvalue weighted by Gasteiger charge is -2.13. The number of ether oxygens (including phenoxy) is 2. The van der Waals surface area contributed by atoms with Crippen molar-refractivity contribution >= 4 is 51.9 Å². The topological polar surface area (TPSA) is 67.9 Å². The van der Waals surface area contributed by atoms with Crippen LogP contribution in [-0.2, 0) is 9.59 Å². The van der Waals surface area contributed by atoms with Crippen LogP contribution in [0.4, 0.5) is 5.69 Å². The fourth-order valence-electron chi connectivity index (χ4n) is 3.00. The van der Waals surface area contributed by atoms with Gasteiger partial charge in [0.25, 0.3) is 11.8 Å². The maximum absolute atomic E-state index is 12.5. The molecule has 0 saturated carbocycles. The highest BCUT2D eigenvalue weighted by Crippen LogP contribution is 2.34. The Labute approximate surface area is 191 Å². The van der Waals surface area contributed by atoms with Crippen LogP contribution in [0.3, 0.4) is 0 Å². The van der Waals surface area contributed by atoms with Crippen molar-refractivity contribution in [2.75, 3.05) is 25.6 Å². The van der Waals surface area contributed by atoms with Crippen molar-refractivity contribution in [2.24, 2.45) is 0 Å². The molecular weight excluding hydrogens is 432 g/mol. The molecule has 1 heterocycles. The zero-order chi connectivity index (χ0) is 22.4. The molecule has 2 amide bonds. The second kappa shape index (κ2) is 10.5. The lowest BCUT2D eigenvalue weighted by Crippen LogP contribution is -2.28. The molecular formula is C23H24N2O4S2. The first-order chi connectivity index (χ1) is 14.9. The number of amides is 2. The number of carbonyl (C=O) groups is 2. The molecule has 6 nitrogen and oxygen atoms in total. The third-order valence-electron chi connectivity index (χ3n) is 4.58. The van der Waals surface area contributed by atoms with Crippen LogP contribution in [0.2, 0.25) is 0 Å². The van der Waals surface area contributed by atoms with Gasteiger partial charge in [-0.15, -0.1) is 0 Å². The van der Waals surface area contributed by atoms with Crippen LogP contribution in [0.25, 0.3) is 6.08 Å². The number of para-hydroxylation sites is 1. The molecule has 8 heteroatoms. The van der Waals surface area contributed by atoms with Crippen molar-refractivity contribution in [3.8, 4) is 11.5 Å². The highest BCUT2D eigenvalue weighted by molar-refractivity contribution is 8.26. The largest absolute Gasteiger partial charge is 0.493 e. The number of methoxy groups -OCH3 is 1. The predicted molar refractivity (Wildman–Crippen MR) is 128 cm³/mol. The number of benzene rings is 2. The average Bonchev–Trinajstić information content (AvgIpc) is 3.02. The standard InChI is InChI=1S/C23H24N2O4S2/c1-4-11-25-22(27)20(31-23(25)30)13-16-9-10-18(19(12-16)28-3)29-14-21(26)24-17-8-6-5-7-15(17)2/h5-10,12-13H,4,11,14H2,1-3H3,(H,24,26)/b20-13+. The Balaban J connectivity index is 1.68. The smallest absolute Gasteiger partial charge is 0.266 e. The Hall–Kier alpha value is -2.84. The van der Waals surface area contributed by atoms with Gasteiger partial charge in [0, 0.05) is 12.2 Å². The highest BCUT2D eigenvalue weighted by atomic mass is 32.2. The molecule has 0 radical (unpaired) electrons. The third-order valence-corrected chi connectivity index (χ3v) is 5.96. The van der Waals surface area contributed by atoms with Crippen molar-refractivity contribution in [1.29, 1.82) is 0 Å². The number of aryl methyl sites for hydroxylation is 1. The molecule has 1 fully saturated rings. The maximum atomic E-state index is 12.5. The molecule has 0 bridgehead atoms. The molecule has 0 aliphatic carbocycles. The summed E-state index contributed by atoms with van der Waals surface area (Å²) in [6, 6.07) is 12.8. The predicted octanol–water partition coefficient (Wildman–Crippen LogP) is 4.63. The minimum Gasteiger partial charge on any atom is -0.493 e. The van der Waals surface area contributed by atoms with E-state index in [4.69, 9.17) is 21.7 Å². The average molecular weight is 457 g/mol. The number of thioether (sulfide) groups is 1. The van der Waals surface area contributed by atoms with E-state index in [1.165, 1.54) is 18.9 Å². The summed E-state index contributed by atoms with van der Waals surface area (Å²) in [6.45, 7) is 4.39. The quantitative estimate of drug-likeness (QED) is 0.461. The van der Waals surface area contributed by atoms with Crippen molar-refractivity contribution in [2.45, 2.75) is 20.3 Å². The number of nitrogens with one attached hydrogen (secondary N) is 1. The molecule has 3 rings (SSSR count).